The first-order valence-electron chi connectivity index (χ1n) is 7.46. The van der Waals surface area contributed by atoms with Gasteiger partial charge in [0.1, 0.15) is 11.8 Å². The predicted octanol–water partition coefficient (Wildman–Crippen LogP) is 1.00. The molecule has 2 aliphatic heterocycles. The summed E-state index contributed by atoms with van der Waals surface area (Å²) in [6.45, 7) is 2.24. The van der Waals surface area contributed by atoms with Gasteiger partial charge < -0.3 is 10.0 Å². The summed E-state index contributed by atoms with van der Waals surface area (Å²) >= 11 is 0. The maximum Gasteiger partial charge on any atom is 0.407 e. The van der Waals surface area contributed by atoms with Crippen molar-refractivity contribution in [1.29, 1.82) is 0 Å². The number of aromatic nitrogens is 2. The molecule has 128 valence electrons. The first-order valence-corrected chi connectivity index (χ1v) is 7.46. The fourth-order valence-electron chi connectivity index (χ4n) is 3.09. The number of fused-ring (bicyclic) bond motifs is 3. The summed E-state index contributed by atoms with van der Waals surface area (Å²) in [5.74, 6) is -0.396. The summed E-state index contributed by atoms with van der Waals surface area (Å²) in [5.41, 5.74) is 10.1. The molecule has 11 nitrogen and oxygen atoms in total. The zero-order chi connectivity index (χ0) is 17.4. The molecule has 24 heavy (non-hydrogen) atoms. The largest absolute Gasteiger partial charge is 0.465 e. The standard InChI is InChI=1S/C13H17N7O4/c1-7-3-10-9(6-19(7)13(22)23)11-12(21)18(2)24-8(4-15-17-14)5-20(11)16-10/h7-8H,3-6H2,1-2H3,(H,22,23)/t7-,8?/m1/s1. The van der Waals surface area contributed by atoms with Crippen LogP contribution in [0.4, 0.5) is 4.79 Å². The van der Waals surface area contributed by atoms with Gasteiger partial charge in [-0.05, 0) is 12.5 Å². The van der Waals surface area contributed by atoms with Gasteiger partial charge in [-0.2, -0.15) is 5.10 Å². The Balaban J connectivity index is 2.00. The van der Waals surface area contributed by atoms with Crippen molar-refractivity contribution in [2.24, 2.45) is 5.11 Å². The molecule has 0 saturated heterocycles. The fraction of sp³-hybridized carbons (Fsp3) is 0.615. The number of carbonyl (C=O) groups excluding carboxylic acids is 1. The molecule has 2 aliphatic rings. The zero-order valence-corrected chi connectivity index (χ0v) is 13.3. The van der Waals surface area contributed by atoms with E-state index in [0.29, 0.717) is 17.7 Å². The van der Waals surface area contributed by atoms with Crippen LogP contribution in [0.2, 0.25) is 0 Å². The number of amides is 2. The van der Waals surface area contributed by atoms with Crippen LogP contribution in [0, 0.1) is 0 Å². The van der Waals surface area contributed by atoms with E-state index in [1.807, 2.05) is 6.92 Å². The first kappa shape index (κ1) is 16.1. The van der Waals surface area contributed by atoms with Gasteiger partial charge in [-0.3, -0.25) is 14.3 Å². The Kier molecular flexibility index (Phi) is 4.04. The normalized spacial score (nSPS) is 23.2. The Morgan fingerprint density at radius 1 is 1.58 bits per heavy atom. The highest BCUT2D eigenvalue weighted by Crippen LogP contribution is 2.28. The van der Waals surface area contributed by atoms with Gasteiger partial charge in [0.2, 0.25) is 0 Å². The molecule has 1 aromatic rings. The highest BCUT2D eigenvalue weighted by molar-refractivity contribution is 5.94. The van der Waals surface area contributed by atoms with Crippen molar-refractivity contribution < 1.29 is 19.5 Å². The van der Waals surface area contributed by atoms with Crippen molar-refractivity contribution in [3.63, 3.8) is 0 Å². The molecular weight excluding hydrogens is 318 g/mol. The van der Waals surface area contributed by atoms with E-state index in [0.717, 1.165) is 10.8 Å². The van der Waals surface area contributed by atoms with Crippen molar-refractivity contribution in [2.75, 3.05) is 13.6 Å². The summed E-state index contributed by atoms with van der Waals surface area (Å²) in [7, 11) is 1.47. The van der Waals surface area contributed by atoms with Gasteiger partial charge in [0, 0.05) is 30.0 Å². The molecular formula is C13H17N7O4. The lowest BCUT2D eigenvalue weighted by Gasteiger charge is -2.30. The monoisotopic (exact) mass is 335 g/mol. The van der Waals surface area contributed by atoms with Crippen LogP contribution >= 0.6 is 0 Å². The Morgan fingerprint density at radius 3 is 3.00 bits per heavy atom. The fourth-order valence-corrected chi connectivity index (χ4v) is 3.09. The van der Waals surface area contributed by atoms with Crippen LogP contribution in [0.25, 0.3) is 10.4 Å². The quantitative estimate of drug-likeness (QED) is 0.488. The molecule has 0 saturated carbocycles. The molecule has 1 N–H and O–H groups in total. The maximum absolute atomic E-state index is 12.6. The van der Waals surface area contributed by atoms with Gasteiger partial charge in [-0.15, -0.1) is 0 Å². The molecule has 11 heteroatoms. The van der Waals surface area contributed by atoms with Crippen molar-refractivity contribution >= 4 is 12.0 Å². The third-order valence-corrected chi connectivity index (χ3v) is 4.25. The molecule has 0 radical (unpaired) electrons. The van der Waals surface area contributed by atoms with E-state index >= 15 is 0 Å². The summed E-state index contributed by atoms with van der Waals surface area (Å²) < 4.78 is 1.53. The first-order chi connectivity index (χ1) is 11.4. The van der Waals surface area contributed by atoms with Gasteiger partial charge >= 0.3 is 6.09 Å². The summed E-state index contributed by atoms with van der Waals surface area (Å²) in [5, 5.41) is 18.4. The molecule has 1 unspecified atom stereocenters. The number of hydrogen-bond acceptors (Lipinski definition) is 5. The van der Waals surface area contributed by atoms with Crippen LogP contribution < -0.4 is 0 Å². The van der Waals surface area contributed by atoms with E-state index in [1.54, 1.807) is 0 Å². The van der Waals surface area contributed by atoms with Crippen LogP contribution in [0.3, 0.4) is 0 Å². The molecule has 0 aliphatic carbocycles. The molecule has 0 aromatic carbocycles. The van der Waals surface area contributed by atoms with Gasteiger partial charge in [0.25, 0.3) is 5.91 Å². The number of carboxylic acid groups (broad SMARTS) is 1. The van der Waals surface area contributed by atoms with Crippen molar-refractivity contribution in [3.8, 4) is 0 Å². The van der Waals surface area contributed by atoms with Crippen LogP contribution in [-0.2, 0) is 24.3 Å². The highest BCUT2D eigenvalue weighted by Gasteiger charge is 2.37. The smallest absolute Gasteiger partial charge is 0.407 e. The third-order valence-electron chi connectivity index (χ3n) is 4.25. The topological polar surface area (TPSA) is 137 Å². The lowest BCUT2D eigenvalue weighted by atomic mass is 10.00. The van der Waals surface area contributed by atoms with E-state index in [2.05, 4.69) is 15.1 Å². The Bertz CT molecular complexity index is 739. The molecule has 2 atom stereocenters. The Morgan fingerprint density at radius 2 is 2.33 bits per heavy atom. The van der Waals surface area contributed by atoms with Gasteiger partial charge in [-0.25, -0.2) is 9.86 Å². The minimum absolute atomic E-state index is 0.0652. The van der Waals surface area contributed by atoms with Crippen LogP contribution in [0.5, 0.6) is 0 Å². The second-order valence-corrected chi connectivity index (χ2v) is 5.86. The number of carbonyl (C=O) groups is 2. The SMILES string of the molecule is C[C@@H]1Cc2nn3c(c2CN1C(=O)O)C(=O)N(C)OC(CN=[N+]=[N-])C3. The minimum atomic E-state index is -1.03. The third kappa shape index (κ3) is 2.63. The average molecular weight is 335 g/mol. The number of rotatable bonds is 2. The van der Waals surface area contributed by atoms with E-state index in [1.165, 1.54) is 16.6 Å². The van der Waals surface area contributed by atoms with E-state index in [4.69, 9.17) is 10.4 Å². The second-order valence-electron chi connectivity index (χ2n) is 5.86. The van der Waals surface area contributed by atoms with Crippen LogP contribution in [-0.4, -0.2) is 62.6 Å². The van der Waals surface area contributed by atoms with Gasteiger partial charge in [0.05, 0.1) is 25.3 Å². The molecule has 0 fully saturated rings. The average Bonchev–Trinajstić information content (AvgIpc) is 2.81. The Hall–Kier alpha value is -2.78. The number of azide groups is 1. The number of hydroxylamine groups is 2. The number of nitrogens with zero attached hydrogens (tertiary/aromatic N) is 7. The van der Waals surface area contributed by atoms with Crippen molar-refractivity contribution in [2.45, 2.75) is 38.6 Å². The summed E-state index contributed by atoms with van der Waals surface area (Å²) in [6.07, 6.45) is -1.11. The molecule has 2 amide bonds. The summed E-state index contributed by atoms with van der Waals surface area (Å²) in [4.78, 5) is 33.5. The number of hydrogen-bond donors (Lipinski definition) is 1. The molecule has 0 spiro atoms. The molecule has 3 heterocycles. The van der Waals surface area contributed by atoms with Crippen molar-refractivity contribution in [1.82, 2.24) is 19.7 Å². The van der Waals surface area contributed by atoms with Gasteiger partial charge in [-0.1, -0.05) is 5.11 Å². The van der Waals surface area contributed by atoms with Crippen LogP contribution in [0.1, 0.15) is 28.7 Å². The van der Waals surface area contributed by atoms with E-state index in [9.17, 15) is 14.7 Å². The molecule has 3 rings (SSSR count). The zero-order valence-electron chi connectivity index (χ0n) is 13.3. The second kappa shape index (κ2) is 6.02. The molecule has 0 bridgehead atoms. The van der Waals surface area contributed by atoms with E-state index in [-0.39, 0.29) is 25.7 Å². The lowest BCUT2D eigenvalue weighted by molar-refractivity contribution is -0.144. The molecule has 1 aromatic heterocycles. The van der Waals surface area contributed by atoms with Crippen LogP contribution in [0.15, 0.2) is 5.11 Å². The lowest BCUT2D eigenvalue weighted by Crippen LogP contribution is -2.42. The Labute approximate surface area is 137 Å². The highest BCUT2D eigenvalue weighted by atomic mass is 16.7. The minimum Gasteiger partial charge on any atom is -0.465 e. The maximum atomic E-state index is 12.6. The predicted molar refractivity (Wildman–Crippen MR) is 79.9 cm³/mol. The van der Waals surface area contributed by atoms with Crippen molar-refractivity contribution in [3.05, 3.63) is 27.4 Å². The van der Waals surface area contributed by atoms with E-state index < -0.39 is 18.1 Å². The van der Waals surface area contributed by atoms with Gasteiger partial charge in [0.15, 0.2) is 0 Å². The summed E-state index contributed by atoms with van der Waals surface area (Å²) in [6, 6.07) is -0.211.